The number of carbonyl (C=O) groups excluding carboxylic acids is 2. The number of unbranched alkanes of at least 4 members (excludes halogenated alkanes) is 2. The van der Waals surface area contributed by atoms with E-state index in [1.807, 2.05) is 4.90 Å². The molecule has 7 heteroatoms. The quantitative estimate of drug-likeness (QED) is 0.311. The van der Waals surface area contributed by atoms with Gasteiger partial charge in [-0.05, 0) is 80.0 Å². The second kappa shape index (κ2) is 14.3. The van der Waals surface area contributed by atoms with E-state index in [9.17, 15) is 9.59 Å². The highest BCUT2D eigenvalue weighted by atomic mass is 32.1. The fourth-order valence-corrected chi connectivity index (χ4v) is 3.53. The van der Waals surface area contributed by atoms with Gasteiger partial charge in [0.25, 0.3) is 11.8 Å². The van der Waals surface area contributed by atoms with Crippen molar-refractivity contribution in [2.24, 2.45) is 0 Å². The third kappa shape index (κ3) is 8.85. The molecule has 0 saturated carbocycles. The summed E-state index contributed by atoms with van der Waals surface area (Å²) in [5.74, 6) is 0.472. The van der Waals surface area contributed by atoms with Crippen molar-refractivity contribution in [3.63, 3.8) is 0 Å². The van der Waals surface area contributed by atoms with Crippen LogP contribution in [0.5, 0.6) is 5.75 Å². The predicted octanol–water partition coefficient (Wildman–Crippen LogP) is 5.64. The molecule has 2 amide bonds. The summed E-state index contributed by atoms with van der Waals surface area (Å²) < 4.78 is 5.67. The molecule has 2 aromatic carbocycles. The van der Waals surface area contributed by atoms with Crippen molar-refractivity contribution in [2.45, 2.75) is 52.9 Å². The van der Waals surface area contributed by atoms with Gasteiger partial charge in [0.15, 0.2) is 5.11 Å². The highest BCUT2D eigenvalue weighted by molar-refractivity contribution is 7.80. The molecule has 0 aliphatic carbocycles. The first-order chi connectivity index (χ1) is 16.0. The van der Waals surface area contributed by atoms with E-state index in [0.717, 1.165) is 50.9 Å². The van der Waals surface area contributed by atoms with Gasteiger partial charge in [-0.2, -0.15) is 0 Å². The third-order valence-electron chi connectivity index (χ3n) is 5.02. The monoisotopic (exact) mass is 469 g/mol. The normalized spacial score (nSPS) is 10.4. The molecular weight excluding hydrogens is 434 g/mol. The summed E-state index contributed by atoms with van der Waals surface area (Å²) in [5.41, 5.74) is 1.83. The molecule has 0 fully saturated rings. The largest absolute Gasteiger partial charge is 0.494 e. The zero-order chi connectivity index (χ0) is 24.1. The fraction of sp³-hybridized carbons (Fsp3) is 0.423. The molecule has 0 unspecified atom stereocenters. The van der Waals surface area contributed by atoms with Gasteiger partial charge in [0.05, 0.1) is 6.61 Å². The van der Waals surface area contributed by atoms with E-state index >= 15 is 0 Å². The van der Waals surface area contributed by atoms with E-state index in [4.69, 9.17) is 17.0 Å². The molecule has 2 rings (SSSR count). The zero-order valence-electron chi connectivity index (χ0n) is 19.9. The molecule has 0 bridgehead atoms. The van der Waals surface area contributed by atoms with Crippen LogP contribution in [0.15, 0.2) is 48.5 Å². The van der Waals surface area contributed by atoms with Crippen molar-refractivity contribution >= 4 is 34.8 Å². The Morgan fingerprint density at radius 2 is 1.45 bits per heavy atom. The van der Waals surface area contributed by atoms with Gasteiger partial charge in [0.1, 0.15) is 5.75 Å². The van der Waals surface area contributed by atoms with Crippen LogP contribution in [-0.4, -0.2) is 41.5 Å². The number of hydrogen-bond donors (Lipinski definition) is 2. The Bertz CT molecular complexity index is 892. The number of ether oxygens (including phenoxy) is 1. The number of anilines is 1. The lowest BCUT2D eigenvalue weighted by Gasteiger charge is -2.21. The molecule has 0 saturated heterocycles. The van der Waals surface area contributed by atoms with Gasteiger partial charge in [-0.15, -0.1) is 0 Å². The van der Waals surface area contributed by atoms with Crippen LogP contribution in [-0.2, 0) is 0 Å². The molecule has 2 N–H and O–H groups in total. The third-order valence-corrected chi connectivity index (χ3v) is 5.23. The SMILES string of the molecule is CCCCCOc1ccc(C(=O)NC(=S)Nc2ccc(C(=O)N(CCC)CCC)cc2)cc1. The van der Waals surface area contributed by atoms with Crippen LogP contribution < -0.4 is 15.4 Å². The Labute approximate surface area is 202 Å². The van der Waals surface area contributed by atoms with Gasteiger partial charge < -0.3 is 15.0 Å². The molecule has 0 aliphatic rings. The van der Waals surface area contributed by atoms with Crippen molar-refractivity contribution in [3.05, 3.63) is 59.7 Å². The summed E-state index contributed by atoms with van der Waals surface area (Å²) in [6.07, 6.45) is 5.15. The summed E-state index contributed by atoms with van der Waals surface area (Å²) in [6, 6.07) is 14.1. The molecule has 2 aromatic rings. The molecule has 0 radical (unpaired) electrons. The maximum absolute atomic E-state index is 12.7. The van der Waals surface area contributed by atoms with Crippen LogP contribution in [0.4, 0.5) is 5.69 Å². The zero-order valence-corrected chi connectivity index (χ0v) is 20.7. The van der Waals surface area contributed by atoms with Crippen molar-refractivity contribution in [1.82, 2.24) is 10.2 Å². The lowest BCUT2D eigenvalue weighted by molar-refractivity contribution is 0.0755. The number of carbonyl (C=O) groups is 2. The highest BCUT2D eigenvalue weighted by Crippen LogP contribution is 2.14. The minimum absolute atomic E-state index is 0.0268. The summed E-state index contributed by atoms with van der Waals surface area (Å²) in [7, 11) is 0. The van der Waals surface area contributed by atoms with Crippen LogP contribution in [0, 0.1) is 0 Å². The Morgan fingerprint density at radius 3 is 2.03 bits per heavy atom. The molecule has 0 atom stereocenters. The second-order valence-corrected chi connectivity index (χ2v) is 8.27. The van der Waals surface area contributed by atoms with E-state index in [1.165, 1.54) is 0 Å². The average molecular weight is 470 g/mol. The lowest BCUT2D eigenvalue weighted by Crippen LogP contribution is -2.34. The maximum Gasteiger partial charge on any atom is 0.257 e. The molecule has 0 aromatic heterocycles. The van der Waals surface area contributed by atoms with Crippen LogP contribution >= 0.6 is 12.2 Å². The predicted molar refractivity (Wildman–Crippen MR) is 138 cm³/mol. The first kappa shape index (κ1) is 26.3. The van der Waals surface area contributed by atoms with E-state index < -0.39 is 0 Å². The Kier molecular flexibility index (Phi) is 11.4. The Morgan fingerprint density at radius 1 is 0.848 bits per heavy atom. The van der Waals surface area contributed by atoms with Crippen molar-refractivity contribution in [1.29, 1.82) is 0 Å². The maximum atomic E-state index is 12.7. The molecule has 0 spiro atoms. The van der Waals surface area contributed by atoms with Gasteiger partial charge in [-0.3, -0.25) is 14.9 Å². The molecule has 33 heavy (non-hydrogen) atoms. The number of benzene rings is 2. The summed E-state index contributed by atoms with van der Waals surface area (Å²) in [6.45, 7) is 8.44. The lowest BCUT2D eigenvalue weighted by atomic mass is 10.1. The number of rotatable bonds is 12. The molecular formula is C26H35N3O3S. The second-order valence-electron chi connectivity index (χ2n) is 7.86. The van der Waals surface area contributed by atoms with Crippen molar-refractivity contribution < 1.29 is 14.3 Å². The number of nitrogens with zero attached hydrogens (tertiary/aromatic N) is 1. The van der Waals surface area contributed by atoms with E-state index in [-0.39, 0.29) is 16.9 Å². The fourth-order valence-electron chi connectivity index (χ4n) is 3.32. The Balaban J connectivity index is 1.87. The Hall–Kier alpha value is -2.93. The standard InChI is InChI=1S/C26H35N3O3S/c1-4-7-8-19-32-23-15-11-20(12-16-23)24(30)28-26(33)27-22-13-9-21(10-14-22)25(31)29(17-5-2)18-6-3/h9-16H,4-8,17-19H2,1-3H3,(H2,27,28,30,33). The first-order valence-corrected chi connectivity index (χ1v) is 12.1. The first-order valence-electron chi connectivity index (χ1n) is 11.7. The number of amides is 2. The summed E-state index contributed by atoms with van der Waals surface area (Å²) >= 11 is 5.27. The van der Waals surface area contributed by atoms with E-state index in [1.54, 1.807) is 48.5 Å². The van der Waals surface area contributed by atoms with E-state index in [2.05, 4.69) is 31.4 Å². The molecule has 6 nitrogen and oxygen atoms in total. The number of nitrogens with one attached hydrogen (secondary N) is 2. The van der Waals surface area contributed by atoms with Crippen molar-refractivity contribution in [2.75, 3.05) is 25.0 Å². The van der Waals surface area contributed by atoms with Crippen LogP contribution in [0.25, 0.3) is 0 Å². The molecule has 178 valence electrons. The van der Waals surface area contributed by atoms with Gasteiger partial charge in [-0.25, -0.2) is 0 Å². The highest BCUT2D eigenvalue weighted by Gasteiger charge is 2.14. The van der Waals surface area contributed by atoms with Crippen LogP contribution in [0.3, 0.4) is 0 Å². The van der Waals surface area contributed by atoms with Crippen molar-refractivity contribution in [3.8, 4) is 5.75 Å². The van der Waals surface area contributed by atoms with Gasteiger partial charge in [0.2, 0.25) is 0 Å². The van der Waals surface area contributed by atoms with Crippen LogP contribution in [0.2, 0.25) is 0 Å². The summed E-state index contributed by atoms with van der Waals surface area (Å²) in [5, 5.41) is 5.86. The minimum Gasteiger partial charge on any atom is -0.494 e. The average Bonchev–Trinajstić information content (AvgIpc) is 2.82. The smallest absolute Gasteiger partial charge is 0.257 e. The van der Waals surface area contributed by atoms with Crippen LogP contribution in [0.1, 0.15) is 73.6 Å². The topological polar surface area (TPSA) is 70.7 Å². The van der Waals surface area contributed by atoms with Gasteiger partial charge in [0, 0.05) is 29.9 Å². The number of thiocarbonyl (C=S) groups is 1. The number of hydrogen-bond acceptors (Lipinski definition) is 4. The van der Waals surface area contributed by atoms with Gasteiger partial charge >= 0.3 is 0 Å². The van der Waals surface area contributed by atoms with Gasteiger partial charge in [-0.1, -0.05) is 33.6 Å². The molecule has 0 aliphatic heterocycles. The van der Waals surface area contributed by atoms with E-state index in [0.29, 0.717) is 23.4 Å². The minimum atomic E-state index is -0.299. The summed E-state index contributed by atoms with van der Waals surface area (Å²) in [4.78, 5) is 27.0. The molecule has 0 heterocycles.